The third-order valence-corrected chi connectivity index (χ3v) is 5.01. The molecule has 4 nitrogen and oxygen atoms in total. The first-order chi connectivity index (χ1) is 13.6. The number of carbonyl (C=O) groups is 1. The van der Waals surface area contributed by atoms with Crippen LogP contribution in [0.3, 0.4) is 0 Å². The molecule has 5 heteroatoms. The highest BCUT2D eigenvalue weighted by atomic mass is 35.5. The Morgan fingerprint density at radius 1 is 0.857 bits per heavy atom. The second kappa shape index (κ2) is 7.41. The molecule has 4 rings (SSSR count). The number of nitrogens with one attached hydrogen (secondary N) is 1. The van der Waals surface area contributed by atoms with E-state index in [1.54, 1.807) is 26.4 Å². The smallest absolute Gasteiger partial charge is 0.196 e. The SMILES string of the molecule is COc1ccc(C2=C(Nc3ccc(OC)c(Cl)c3)c3ccccc3C2=O)cc1. The van der Waals surface area contributed by atoms with Gasteiger partial charge in [-0.1, -0.05) is 48.0 Å². The van der Waals surface area contributed by atoms with Gasteiger partial charge in [-0.15, -0.1) is 0 Å². The van der Waals surface area contributed by atoms with Crippen molar-refractivity contribution in [3.8, 4) is 11.5 Å². The molecule has 0 heterocycles. The van der Waals surface area contributed by atoms with E-state index in [2.05, 4.69) is 5.32 Å². The van der Waals surface area contributed by atoms with Crippen LogP contribution in [-0.4, -0.2) is 20.0 Å². The van der Waals surface area contributed by atoms with Crippen LogP contribution in [0.1, 0.15) is 21.5 Å². The fraction of sp³-hybridized carbons (Fsp3) is 0.0870. The summed E-state index contributed by atoms with van der Waals surface area (Å²) in [4.78, 5) is 13.1. The predicted octanol–water partition coefficient (Wildman–Crippen LogP) is 5.53. The molecule has 3 aromatic rings. The summed E-state index contributed by atoms with van der Waals surface area (Å²) >= 11 is 6.27. The minimum absolute atomic E-state index is 0.0112. The van der Waals surface area contributed by atoms with Crippen molar-refractivity contribution < 1.29 is 14.3 Å². The van der Waals surface area contributed by atoms with Crippen molar-refractivity contribution in [1.82, 2.24) is 0 Å². The standard InChI is InChI=1S/C23H18ClNO3/c1-27-16-10-7-14(8-11-16)21-22(17-5-3-4-6-18(17)23(21)26)25-15-9-12-20(28-2)19(24)13-15/h3-13,25H,1-2H3. The molecule has 0 aliphatic heterocycles. The maximum Gasteiger partial charge on any atom is 0.196 e. The van der Waals surface area contributed by atoms with Gasteiger partial charge in [-0.25, -0.2) is 0 Å². The Kier molecular flexibility index (Phi) is 4.80. The van der Waals surface area contributed by atoms with Crippen LogP contribution in [0.5, 0.6) is 11.5 Å². The molecule has 1 aliphatic rings. The van der Waals surface area contributed by atoms with Gasteiger partial charge < -0.3 is 14.8 Å². The van der Waals surface area contributed by atoms with Crippen LogP contribution < -0.4 is 14.8 Å². The fourth-order valence-electron chi connectivity index (χ4n) is 3.33. The monoisotopic (exact) mass is 391 g/mol. The molecule has 0 saturated heterocycles. The van der Waals surface area contributed by atoms with E-state index in [9.17, 15) is 4.79 Å². The molecule has 0 aromatic heterocycles. The maximum atomic E-state index is 13.1. The molecule has 0 radical (unpaired) electrons. The van der Waals surface area contributed by atoms with Crippen molar-refractivity contribution in [3.63, 3.8) is 0 Å². The Balaban J connectivity index is 1.83. The van der Waals surface area contributed by atoms with Gasteiger partial charge in [0.2, 0.25) is 0 Å². The van der Waals surface area contributed by atoms with Crippen LogP contribution in [0.25, 0.3) is 11.3 Å². The van der Waals surface area contributed by atoms with Crippen LogP contribution >= 0.6 is 11.6 Å². The molecule has 28 heavy (non-hydrogen) atoms. The van der Waals surface area contributed by atoms with Crippen molar-refractivity contribution >= 4 is 34.3 Å². The topological polar surface area (TPSA) is 47.6 Å². The number of hydrogen-bond donors (Lipinski definition) is 1. The molecule has 1 N–H and O–H groups in total. The van der Waals surface area contributed by atoms with Crippen LogP contribution in [0.4, 0.5) is 5.69 Å². The molecule has 0 bridgehead atoms. The van der Waals surface area contributed by atoms with E-state index in [0.29, 0.717) is 21.9 Å². The van der Waals surface area contributed by atoms with Crippen LogP contribution in [0.15, 0.2) is 66.7 Å². The molecule has 1 aliphatic carbocycles. The number of rotatable bonds is 5. The first kappa shape index (κ1) is 18.1. The number of ketones is 1. The summed E-state index contributed by atoms with van der Waals surface area (Å²) in [6.45, 7) is 0. The molecule has 140 valence electrons. The second-order valence-corrected chi connectivity index (χ2v) is 6.73. The lowest BCUT2D eigenvalue weighted by Gasteiger charge is -2.13. The number of carbonyl (C=O) groups excluding carboxylic acids is 1. The number of benzene rings is 3. The summed E-state index contributed by atoms with van der Waals surface area (Å²) in [5, 5.41) is 3.88. The largest absolute Gasteiger partial charge is 0.497 e. The van der Waals surface area contributed by atoms with Crippen LogP contribution in [-0.2, 0) is 0 Å². The van der Waals surface area contributed by atoms with E-state index >= 15 is 0 Å². The Morgan fingerprint density at radius 2 is 1.57 bits per heavy atom. The van der Waals surface area contributed by atoms with E-state index in [4.69, 9.17) is 21.1 Å². The van der Waals surface area contributed by atoms with Gasteiger partial charge in [0.25, 0.3) is 0 Å². The van der Waals surface area contributed by atoms with E-state index < -0.39 is 0 Å². The van der Waals surface area contributed by atoms with Gasteiger partial charge in [-0.2, -0.15) is 0 Å². The Hall–Kier alpha value is -3.24. The van der Waals surface area contributed by atoms with Crippen molar-refractivity contribution in [1.29, 1.82) is 0 Å². The first-order valence-corrected chi connectivity index (χ1v) is 9.13. The molecule has 0 fully saturated rings. The summed E-state index contributed by atoms with van der Waals surface area (Å²) < 4.78 is 10.5. The van der Waals surface area contributed by atoms with Gasteiger partial charge in [-0.05, 0) is 35.9 Å². The minimum atomic E-state index is -0.0112. The predicted molar refractivity (Wildman–Crippen MR) is 112 cm³/mol. The molecule has 0 amide bonds. The minimum Gasteiger partial charge on any atom is -0.497 e. The highest BCUT2D eigenvalue weighted by Crippen LogP contribution is 2.40. The third kappa shape index (κ3) is 3.12. The number of allylic oxidation sites excluding steroid dienone is 1. The van der Waals surface area contributed by atoms with E-state index in [1.807, 2.05) is 54.6 Å². The van der Waals surface area contributed by atoms with E-state index in [-0.39, 0.29) is 5.78 Å². The van der Waals surface area contributed by atoms with Crippen molar-refractivity contribution in [2.45, 2.75) is 0 Å². The summed E-state index contributed by atoms with van der Waals surface area (Å²) in [5.74, 6) is 1.33. The van der Waals surface area contributed by atoms with Gasteiger partial charge in [0.05, 0.1) is 30.5 Å². The van der Waals surface area contributed by atoms with Crippen molar-refractivity contribution in [3.05, 3.63) is 88.4 Å². The Labute approximate surface area is 168 Å². The summed E-state index contributed by atoms with van der Waals surface area (Å²) in [6.07, 6.45) is 0. The molecule has 0 spiro atoms. The number of Topliss-reactive ketones (excluding diaryl/α,β-unsaturated/α-hetero) is 1. The third-order valence-electron chi connectivity index (χ3n) is 4.72. The van der Waals surface area contributed by atoms with Gasteiger partial charge in [0, 0.05) is 16.8 Å². The van der Waals surface area contributed by atoms with Gasteiger partial charge >= 0.3 is 0 Å². The highest BCUT2D eigenvalue weighted by Gasteiger charge is 2.30. The van der Waals surface area contributed by atoms with E-state index in [0.717, 1.165) is 28.3 Å². The molecular formula is C23H18ClNO3. The van der Waals surface area contributed by atoms with Gasteiger partial charge in [0.1, 0.15) is 11.5 Å². The normalized spacial score (nSPS) is 12.8. The zero-order valence-electron chi connectivity index (χ0n) is 15.5. The molecular weight excluding hydrogens is 374 g/mol. The Bertz CT molecular complexity index is 1090. The fourth-order valence-corrected chi connectivity index (χ4v) is 3.59. The molecule has 3 aromatic carbocycles. The summed E-state index contributed by atoms with van der Waals surface area (Å²) in [7, 11) is 3.19. The number of fused-ring (bicyclic) bond motifs is 1. The number of hydrogen-bond acceptors (Lipinski definition) is 4. The van der Waals surface area contributed by atoms with Crippen molar-refractivity contribution in [2.24, 2.45) is 0 Å². The quantitative estimate of drug-likeness (QED) is 0.620. The summed E-state index contributed by atoms with van der Waals surface area (Å²) in [5.41, 5.74) is 4.52. The zero-order valence-corrected chi connectivity index (χ0v) is 16.2. The average Bonchev–Trinajstić information content (AvgIpc) is 3.00. The number of halogens is 1. The highest BCUT2D eigenvalue weighted by molar-refractivity contribution is 6.40. The number of methoxy groups -OCH3 is 2. The molecule has 0 unspecified atom stereocenters. The Morgan fingerprint density at radius 3 is 2.21 bits per heavy atom. The van der Waals surface area contributed by atoms with Crippen LogP contribution in [0.2, 0.25) is 5.02 Å². The number of ether oxygens (including phenoxy) is 2. The first-order valence-electron chi connectivity index (χ1n) is 8.75. The van der Waals surface area contributed by atoms with Gasteiger partial charge in [0.15, 0.2) is 5.78 Å². The maximum absolute atomic E-state index is 13.1. The van der Waals surface area contributed by atoms with Gasteiger partial charge in [-0.3, -0.25) is 4.79 Å². The zero-order chi connectivity index (χ0) is 19.7. The number of anilines is 1. The van der Waals surface area contributed by atoms with Crippen molar-refractivity contribution in [2.75, 3.05) is 19.5 Å². The second-order valence-electron chi connectivity index (χ2n) is 6.33. The van der Waals surface area contributed by atoms with E-state index in [1.165, 1.54) is 0 Å². The van der Waals surface area contributed by atoms with Crippen LogP contribution in [0, 0.1) is 0 Å². The lowest BCUT2D eigenvalue weighted by molar-refractivity contribution is 0.105. The average molecular weight is 392 g/mol. The summed E-state index contributed by atoms with van der Waals surface area (Å²) in [6, 6.07) is 20.5. The molecule has 0 atom stereocenters. The molecule has 0 saturated carbocycles. The lowest BCUT2D eigenvalue weighted by atomic mass is 10.0. The lowest BCUT2D eigenvalue weighted by Crippen LogP contribution is -2.01.